The number of hydrogen-bond donors (Lipinski definition) is 1. The van der Waals surface area contributed by atoms with E-state index < -0.39 is 0 Å². The lowest BCUT2D eigenvalue weighted by atomic mass is 10.1. The maximum Gasteiger partial charge on any atom is 0.0636 e. The second kappa shape index (κ2) is 6.49. The fraction of sp³-hybridized carbons (Fsp3) is 0.176. The smallest absolute Gasteiger partial charge is 0.0636 e. The Morgan fingerprint density at radius 2 is 2.00 bits per heavy atom. The van der Waals surface area contributed by atoms with Crippen LogP contribution in [0.4, 0.5) is 0 Å². The van der Waals surface area contributed by atoms with E-state index in [1.807, 2.05) is 12.1 Å². The molecule has 1 aromatic heterocycles. The van der Waals surface area contributed by atoms with E-state index in [2.05, 4.69) is 64.6 Å². The van der Waals surface area contributed by atoms with Gasteiger partial charge in [-0.05, 0) is 30.7 Å². The fourth-order valence-electron chi connectivity index (χ4n) is 2.32. The van der Waals surface area contributed by atoms with Crippen molar-refractivity contribution in [1.29, 1.82) is 0 Å². The quantitative estimate of drug-likeness (QED) is 0.571. The average Bonchev–Trinajstić information content (AvgIpc) is 2.82. The molecule has 1 unspecified atom stereocenters. The molecule has 2 aromatic carbocycles. The van der Waals surface area contributed by atoms with Crippen LogP contribution in [0.1, 0.15) is 23.4 Å². The van der Waals surface area contributed by atoms with Crippen LogP contribution in [-0.4, -0.2) is 0 Å². The molecule has 21 heavy (non-hydrogen) atoms. The van der Waals surface area contributed by atoms with E-state index in [0.29, 0.717) is 0 Å². The van der Waals surface area contributed by atoms with Gasteiger partial charge in [0, 0.05) is 32.0 Å². The average molecular weight is 381 g/mol. The number of hydrogen-bond acceptors (Lipinski definition) is 2. The number of fused-ring (bicyclic) bond motifs is 1. The summed E-state index contributed by atoms with van der Waals surface area (Å²) in [6.45, 7) is 2.95. The second-order valence-electron chi connectivity index (χ2n) is 4.99. The van der Waals surface area contributed by atoms with Crippen LogP contribution in [0.5, 0.6) is 0 Å². The lowest BCUT2D eigenvalue weighted by Gasteiger charge is -2.14. The highest BCUT2D eigenvalue weighted by Gasteiger charge is 2.11. The van der Waals surface area contributed by atoms with Crippen LogP contribution >= 0.6 is 38.9 Å². The molecule has 0 fully saturated rings. The number of thiophene rings is 1. The highest BCUT2D eigenvalue weighted by atomic mass is 79.9. The molecule has 1 heterocycles. The topological polar surface area (TPSA) is 12.0 Å². The van der Waals surface area contributed by atoms with Crippen molar-refractivity contribution in [2.24, 2.45) is 0 Å². The maximum atomic E-state index is 6.47. The van der Waals surface area contributed by atoms with Crippen LogP contribution in [0, 0.1) is 0 Å². The van der Waals surface area contributed by atoms with Gasteiger partial charge in [-0.15, -0.1) is 11.3 Å². The van der Waals surface area contributed by atoms with Crippen LogP contribution in [0.25, 0.3) is 10.1 Å². The van der Waals surface area contributed by atoms with Crippen molar-refractivity contribution < 1.29 is 0 Å². The Balaban J connectivity index is 1.75. The highest BCUT2D eigenvalue weighted by Crippen LogP contribution is 2.35. The van der Waals surface area contributed by atoms with Crippen molar-refractivity contribution >= 4 is 49.0 Å². The third kappa shape index (κ3) is 3.32. The Bertz CT molecular complexity index is 768. The van der Waals surface area contributed by atoms with Crippen LogP contribution in [-0.2, 0) is 6.54 Å². The van der Waals surface area contributed by atoms with Gasteiger partial charge in [0.1, 0.15) is 0 Å². The van der Waals surface area contributed by atoms with Crippen LogP contribution in [0.3, 0.4) is 0 Å². The molecule has 0 radical (unpaired) electrons. The first-order valence-electron chi connectivity index (χ1n) is 6.80. The normalized spacial score (nSPS) is 12.7. The zero-order chi connectivity index (χ0) is 14.8. The molecule has 3 aromatic rings. The highest BCUT2D eigenvalue weighted by molar-refractivity contribution is 9.10. The number of benzene rings is 2. The minimum atomic E-state index is 0.281. The van der Waals surface area contributed by atoms with Gasteiger partial charge in [-0.1, -0.05) is 57.9 Å². The summed E-state index contributed by atoms with van der Waals surface area (Å²) in [7, 11) is 0. The summed E-state index contributed by atoms with van der Waals surface area (Å²) in [5.74, 6) is 0. The molecule has 108 valence electrons. The van der Waals surface area contributed by atoms with Gasteiger partial charge in [-0.2, -0.15) is 0 Å². The minimum absolute atomic E-state index is 0.281. The first-order chi connectivity index (χ1) is 10.1. The van der Waals surface area contributed by atoms with Gasteiger partial charge in [0.15, 0.2) is 0 Å². The molecule has 4 heteroatoms. The van der Waals surface area contributed by atoms with Gasteiger partial charge in [-0.25, -0.2) is 0 Å². The van der Waals surface area contributed by atoms with Gasteiger partial charge in [0.25, 0.3) is 0 Å². The van der Waals surface area contributed by atoms with Crippen LogP contribution in [0.15, 0.2) is 53.0 Å². The fourth-order valence-corrected chi connectivity index (χ4v) is 4.19. The second-order valence-corrected chi connectivity index (χ2v) is 7.42. The Labute approximate surface area is 142 Å². The van der Waals surface area contributed by atoms with Crippen molar-refractivity contribution in [2.75, 3.05) is 0 Å². The SMILES string of the molecule is CC(NCc1sc2ccccc2c1Cl)c1cccc(Br)c1. The standard InChI is InChI=1S/C17H15BrClNS/c1-11(12-5-4-6-13(18)9-12)20-10-16-17(19)14-7-2-3-8-15(14)21-16/h2-9,11,20H,10H2,1H3. The van der Waals surface area contributed by atoms with E-state index in [0.717, 1.165) is 21.4 Å². The maximum absolute atomic E-state index is 6.47. The molecule has 3 rings (SSSR count). The monoisotopic (exact) mass is 379 g/mol. The van der Waals surface area contributed by atoms with E-state index in [4.69, 9.17) is 11.6 Å². The third-order valence-corrected chi connectivity index (χ3v) is 5.73. The lowest BCUT2D eigenvalue weighted by Crippen LogP contribution is -2.17. The molecule has 0 amide bonds. The van der Waals surface area contributed by atoms with Gasteiger partial charge < -0.3 is 5.32 Å². The molecule has 0 spiro atoms. The summed E-state index contributed by atoms with van der Waals surface area (Å²) in [5.41, 5.74) is 1.27. The van der Waals surface area contributed by atoms with Gasteiger partial charge in [-0.3, -0.25) is 0 Å². The largest absolute Gasteiger partial charge is 0.305 e. The Morgan fingerprint density at radius 1 is 1.19 bits per heavy atom. The summed E-state index contributed by atoms with van der Waals surface area (Å²) >= 11 is 11.7. The molecule has 0 bridgehead atoms. The predicted molar refractivity (Wildman–Crippen MR) is 96.2 cm³/mol. The first kappa shape index (κ1) is 15.0. The molecule has 0 saturated carbocycles. The number of nitrogens with one attached hydrogen (secondary N) is 1. The number of rotatable bonds is 4. The molecular formula is C17H15BrClNS. The van der Waals surface area contributed by atoms with E-state index >= 15 is 0 Å². The van der Waals surface area contributed by atoms with E-state index in [-0.39, 0.29) is 6.04 Å². The predicted octanol–water partition coefficient (Wildman–Crippen LogP) is 6.17. The van der Waals surface area contributed by atoms with E-state index in [1.165, 1.54) is 15.1 Å². The molecular weight excluding hydrogens is 366 g/mol. The minimum Gasteiger partial charge on any atom is -0.305 e. The molecule has 1 nitrogen and oxygen atoms in total. The Kier molecular flexibility index (Phi) is 4.65. The Hall–Kier alpha value is -0.870. The Morgan fingerprint density at radius 3 is 2.76 bits per heavy atom. The van der Waals surface area contributed by atoms with Gasteiger partial charge in [0.2, 0.25) is 0 Å². The number of halogens is 2. The van der Waals surface area contributed by atoms with Crippen molar-refractivity contribution in [3.05, 3.63) is 68.5 Å². The summed E-state index contributed by atoms with van der Waals surface area (Å²) in [4.78, 5) is 1.19. The molecule has 0 aliphatic rings. The van der Waals surface area contributed by atoms with Crippen molar-refractivity contribution in [2.45, 2.75) is 19.5 Å². The zero-order valence-electron chi connectivity index (χ0n) is 11.6. The molecule has 0 saturated heterocycles. The van der Waals surface area contributed by atoms with Gasteiger partial charge >= 0.3 is 0 Å². The zero-order valence-corrected chi connectivity index (χ0v) is 14.7. The third-order valence-electron chi connectivity index (χ3n) is 3.52. The van der Waals surface area contributed by atoms with E-state index in [9.17, 15) is 0 Å². The van der Waals surface area contributed by atoms with Crippen molar-refractivity contribution in [1.82, 2.24) is 5.32 Å². The molecule has 0 aliphatic heterocycles. The van der Waals surface area contributed by atoms with E-state index in [1.54, 1.807) is 11.3 Å². The summed E-state index contributed by atoms with van der Waals surface area (Å²) in [5, 5.41) is 5.58. The molecule has 1 atom stereocenters. The summed E-state index contributed by atoms with van der Waals surface area (Å²) in [6.07, 6.45) is 0. The van der Waals surface area contributed by atoms with Gasteiger partial charge in [0.05, 0.1) is 5.02 Å². The first-order valence-corrected chi connectivity index (χ1v) is 8.78. The van der Waals surface area contributed by atoms with Crippen LogP contribution in [0.2, 0.25) is 5.02 Å². The van der Waals surface area contributed by atoms with Crippen molar-refractivity contribution in [3.63, 3.8) is 0 Å². The van der Waals surface area contributed by atoms with Crippen molar-refractivity contribution in [3.8, 4) is 0 Å². The summed E-state index contributed by atoms with van der Waals surface area (Å²) in [6, 6.07) is 16.9. The lowest BCUT2D eigenvalue weighted by molar-refractivity contribution is 0.579. The summed E-state index contributed by atoms with van der Waals surface area (Å²) < 4.78 is 2.35. The molecule has 1 N–H and O–H groups in total. The molecule has 0 aliphatic carbocycles. The van der Waals surface area contributed by atoms with Crippen LogP contribution < -0.4 is 5.32 Å².